The molecule has 116 valence electrons. The van der Waals surface area contributed by atoms with Crippen LogP contribution in [-0.2, 0) is 5.41 Å². The third-order valence-corrected chi connectivity index (χ3v) is 5.87. The number of benzene rings is 1. The van der Waals surface area contributed by atoms with Gasteiger partial charge in [0, 0.05) is 34.7 Å². The summed E-state index contributed by atoms with van der Waals surface area (Å²) in [6.45, 7) is 0.967. The molecule has 2 aromatic heterocycles. The Labute approximate surface area is 139 Å². The lowest BCUT2D eigenvalue weighted by Crippen LogP contribution is -2.24. The van der Waals surface area contributed by atoms with E-state index in [0.29, 0.717) is 0 Å². The Kier molecular flexibility index (Phi) is 2.74. The summed E-state index contributed by atoms with van der Waals surface area (Å²) in [6.07, 6.45) is 8.71. The van der Waals surface area contributed by atoms with E-state index < -0.39 is 0 Å². The molecule has 23 heavy (non-hydrogen) atoms. The first-order valence-corrected chi connectivity index (χ1v) is 8.52. The zero-order chi connectivity index (χ0) is 15.4. The minimum Gasteiger partial charge on any atom is -0.369 e. The number of halogens is 1. The second-order valence-electron chi connectivity index (χ2n) is 6.69. The van der Waals surface area contributed by atoms with Crippen LogP contribution in [0.15, 0.2) is 30.6 Å². The summed E-state index contributed by atoms with van der Waals surface area (Å²) in [6, 6.07) is 6.15. The van der Waals surface area contributed by atoms with Crippen molar-refractivity contribution in [2.45, 2.75) is 31.1 Å². The molecule has 3 heterocycles. The number of H-pyrrole nitrogens is 1. The van der Waals surface area contributed by atoms with E-state index in [1.54, 1.807) is 0 Å². The number of pyridine rings is 1. The van der Waals surface area contributed by atoms with Crippen LogP contribution in [0, 0.1) is 0 Å². The summed E-state index contributed by atoms with van der Waals surface area (Å²) in [4.78, 5) is 4.68. The molecule has 1 spiro atoms. The van der Waals surface area contributed by atoms with Crippen LogP contribution in [-0.4, -0.2) is 21.7 Å². The van der Waals surface area contributed by atoms with Crippen molar-refractivity contribution in [2.75, 3.05) is 11.9 Å². The van der Waals surface area contributed by atoms with Gasteiger partial charge in [-0.15, -0.1) is 0 Å². The molecule has 0 saturated heterocycles. The molecule has 4 nitrogen and oxygen atoms in total. The van der Waals surface area contributed by atoms with Crippen LogP contribution < -0.4 is 5.32 Å². The van der Waals surface area contributed by atoms with Gasteiger partial charge in [0.25, 0.3) is 0 Å². The minimum atomic E-state index is 0.180. The highest BCUT2D eigenvalue weighted by atomic mass is 35.5. The van der Waals surface area contributed by atoms with Crippen molar-refractivity contribution < 1.29 is 0 Å². The molecule has 0 radical (unpaired) electrons. The van der Waals surface area contributed by atoms with Crippen molar-refractivity contribution in [2.24, 2.45) is 0 Å². The van der Waals surface area contributed by atoms with Gasteiger partial charge in [0.05, 0.1) is 16.7 Å². The van der Waals surface area contributed by atoms with Gasteiger partial charge in [-0.25, -0.2) is 4.98 Å². The van der Waals surface area contributed by atoms with Crippen LogP contribution >= 0.6 is 11.6 Å². The number of nitrogens with one attached hydrogen (secondary N) is 2. The monoisotopic (exact) mass is 324 g/mol. The van der Waals surface area contributed by atoms with Crippen molar-refractivity contribution in [1.29, 1.82) is 0 Å². The van der Waals surface area contributed by atoms with Gasteiger partial charge in [0.1, 0.15) is 5.82 Å². The van der Waals surface area contributed by atoms with Gasteiger partial charge in [0.15, 0.2) is 0 Å². The zero-order valence-corrected chi connectivity index (χ0v) is 13.5. The molecule has 1 fully saturated rings. The molecule has 2 N–H and O–H groups in total. The SMILES string of the molecule is Clc1c(-c2cccc3[nH]ncc23)cnc2c1C1(CCCC1)CN2. The van der Waals surface area contributed by atoms with Crippen LogP contribution in [0.25, 0.3) is 22.0 Å². The van der Waals surface area contributed by atoms with Gasteiger partial charge >= 0.3 is 0 Å². The zero-order valence-electron chi connectivity index (χ0n) is 12.7. The average Bonchev–Trinajstić information content (AvgIpc) is 3.29. The third kappa shape index (κ3) is 1.78. The Balaban J connectivity index is 1.76. The van der Waals surface area contributed by atoms with Gasteiger partial charge in [-0.3, -0.25) is 5.10 Å². The smallest absolute Gasteiger partial charge is 0.131 e. The summed E-state index contributed by atoms with van der Waals surface area (Å²) in [5, 5.41) is 12.6. The molecule has 0 unspecified atom stereocenters. The fourth-order valence-corrected chi connectivity index (χ4v) is 4.76. The maximum absolute atomic E-state index is 6.92. The third-order valence-electron chi connectivity index (χ3n) is 5.48. The highest BCUT2D eigenvalue weighted by Gasteiger charge is 2.44. The summed E-state index contributed by atoms with van der Waals surface area (Å²) in [5.41, 5.74) is 4.53. The van der Waals surface area contributed by atoms with Crippen LogP contribution in [0.3, 0.4) is 0 Å². The Hall–Kier alpha value is -2.07. The van der Waals surface area contributed by atoms with Crippen molar-refractivity contribution in [3.8, 4) is 11.1 Å². The van der Waals surface area contributed by atoms with Gasteiger partial charge < -0.3 is 5.32 Å². The number of aromatic amines is 1. The van der Waals surface area contributed by atoms with Gasteiger partial charge in [-0.2, -0.15) is 5.10 Å². The van der Waals surface area contributed by atoms with E-state index in [0.717, 1.165) is 39.4 Å². The first-order chi connectivity index (χ1) is 11.3. The molecular formula is C18H17ClN4. The lowest BCUT2D eigenvalue weighted by Gasteiger charge is -2.24. The molecular weight excluding hydrogens is 308 g/mol. The highest BCUT2D eigenvalue weighted by molar-refractivity contribution is 6.35. The number of anilines is 1. The number of nitrogens with zero attached hydrogens (tertiary/aromatic N) is 2. The topological polar surface area (TPSA) is 53.6 Å². The predicted molar refractivity (Wildman–Crippen MR) is 93.0 cm³/mol. The Bertz CT molecular complexity index is 909. The lowest BCUT2D eigenvalue weighted by atomic mass is 9.80. The molecule has 5 heteroatoms. The molecule has 1 saturated carbocycles. The van der Waals surface area contributed by atoms with Crippen molar-refractivity contribution in [3.63, 3.8) is 0 Å². The number of rotatable bonds is 1. The minimum absolute atomic E-state index is 0.180. The van der Waals surface area contributed by atoms with E-state index in [1.165, 1.54) is 31.2 Å². The molecule has 2 aliphatic rings. The Morgan fingerprint density at radius 1 is 1.09 bits per heavy atom. The molecule has 5 rings (SSSR count). The number of fused-ring (bicyclic) bond motifs is 3. The van der Waals surface area contributed by atoms with Crippen molar-refractivity contribution in [3.05, 3.63) is 41.2 Å². The summed E-state index contributed by atoms with van der Waals surface area (Å²) >= 11 is 6.92. The molecule has 0 bridgehead atoms. The largest absolute Gasteiger partial charge is 0.369 e. The Morgan fingerprint density at radius 3 is 2.83 bits per heavy atom. The molecule has 1 aliphatic carbocycles. The molecule has 1 aliphatic heterocycles. The van der Waals surface area contributed by atoms with Crippen LogP contribution in [0.2, 0.25) is 5.02 Å². The summed E-state index contributed by atoms with van der Waals surface area (Å²) in [5.74, 6) is 0.972. The molecule has 0 amide bonds. The quantitative estimate of drug-likeness (QED) is 0.692. The molecule has 0 atom stereocenters. The van der Waals surface area contributed by atoms with E-state index in [1.807, 2.05) is 24.5 Å². The van der Waals surface area contributed by atoms with Crippen LogP contribution in [0.1, 0.15) is 31.2 Å². The van der Waals surface area contributed by atoms with Crippen LogP contribution in [0.4, 0.5) is 5.82 Å². The average molecular weight is 325 g/mol. The fraction of sp³-hybridized carbons (Fsp3) is 0.333. The number of hydrogen-bond donors (Lipinski definition) is 2. The fourth-order valence-electron chi connectivity index (χ4n) is 4.32. The van der Waals surface area contributed by atoms with E-state index in [4.69, 9.17) is 11.6 Å². The molecule has 1 aromatic carbocycles. The highest BCUT2D eigenvalue weighted by Crippen LogP contribution is 2.52. The second-order valence-corrected chi connectivity index (χ2v) is 7.07. The Morgan fingerprint density at radius 2 is 1.96 bits per heavy atom. The number of aromatic nitrogens is 3. The van der Waals surface area contributed by atoms with Gasteiger partial charge in [-0.05, 0) is 24.5 Å². The maximum atomic E-state index is 6.92. The normalized spacial score (nSPS) is 18.5. The van der Waals surface area contributed by atoms with Crippen molar-refractivity contribution >= 4 is 28.3 Å². The molecule has 3 aromatic rings. The second kappa shape index (κ2) is 4.71. The standard InChI is InChI=1S/C18H17ClN4/c19-16-13(11-4-3-5-14-12(11)9-22-23-14)8-20-17-15(16)18(10-21-17)6-1-2-7-18/h3-5,8-9H,1-2,6-7,10H2,(H,20,21)(H,22,23). The summed E-state index contributed by atoms with van der Waals surface area (Å²) < 4.78 is 0. The first-order valence-electron chi connectivity index (χ1n) is 8.14. The van der Waals surface area contributed by atoms with Gasteiger partial charge in [-0.1, -0.05) is 36.6 Å². The van der Waals surface area contributed by atoms with Crippen LogP contribution in [0.5, 0.6) is 0 Å². The number of hydrogen-bond acceptors (Lipinski definition) is 3. The van der Waals surface area contributed by atoms with E-state index in [2.05, 4.69) is 26.6 Å². The van der Waals surface area contributed by atoms with E-state index in [9.17, 15) is 0 Å². The van der Waals surface area contributed by atoms with E-state index in [-0.39, 0.29) is 5.41 Å². The summed E-state index contributed by atoms with van der Waals surface area (Å²) in [7, 11) is 0. The lowest BCUT2D eigenvalue weighted by molar-refractivity contribution is 0.489. The van der Waals surface area contributed by atoms with Crippen molar-refractivity contribution in [1.82, 2.24) is 15.2 Å². The van der Waals surface area contributed by atoms with E-state index >= 15 is 0 Å². The first kappa shape index (κ1) is 13.4. The maximum Gasteiger partial charge on any atom is 0.131 e. The van der Waals surface area contributed by atoms with Gasteiger partial charge in [0.2, 0.25) is 0 Å². The predicted octanol–water partition coefficient (Wildman–Crippen LogP) is 4.52.